The van der Waals surface area contributed by atoms with E-state index in [4.69, 9.17) is 4.74 Å². The second-order valence-corrected chi connectivity index (χ2v) is 8.41. The standard InChI is InChI=1S/C14H20N2O4S/c1-14(2)7-10(8-20-14)21(18,19)16-13(17)11-5-6-15-12(11)9-3-4-9/h5-6,9-10,15H,3-4,7-8H2,1-2H3,(H,16,17). The summed E-state index contributed by atoms with van der Waals surface area (Å²) in [5.74, 6) is -0.194. The van der Waals surface area contributed by atoms with E-state index in [1.165, 1.54) is 0 Å². The molecule has 1 saturated heterocycles. The first kappa shape index (κ1) is 14.6. The lowest BCUT2D eigenvalue weighted by molar-refractivity contribution is 0.0368. The predicted molar refractivity (Wildman–Crippen MR) is 77.6 cm³/mol. The van der Waals surface area contributed by atoms with Gasteiger partial charge >= 0.3 is 0 Å². The Labute approximate surface area is 124 Å². The van der Waals surface area contributed by atoms with Crippen molar-refractivity contribution >= 4 is 15.9 Å². The molecule has 1 saturated carbocycles. The molecule has 1 atom stereocenters. The maximum Gasteiger partial charge on any atom is 0.266 e. The van der Waals surface area contributed by atoms with Gasteiger partial charge in [-0.15, -0.1) is 0 Å². The van der Waals surface area contributed by atoms with Crippen LogP contribution in [0.2, 0.25) is 0 Å². The fourth-order valence-corrected chi connectivity index (χ4v) is 4.14. The zero-order chi connectivity index (χ0) is 15.3. The van der Waals surface area contributed by atoms with Gasteiger partial charge in [0.15, 0.2) is 0 Å². The molecule has 2 heterocycles. The molecule has 1 aromatic heterocycles. The highest BCUT2D eigenvalue weighted by Gasteiger charge is 2.41. The van der Waals surface area contributed by atoms with E-state index in [-0.39, 0.29) is 6.61 Å². The van der Waals surface area contributed by atoms with E-state index in [0.29, 0.717) is 17.9 Å². The molecule has 1 unspecified atom stereocenters. The lowest BCUT2D eigenvalue weighted by Crippen LogP contribution is -2.39. The molecule has 0 radical (unpaired) electrons. The lowest BCUT2D eigenvalue weighted by atomic mass is 10.1. The molecule has 2 N–H and O–H groups in total. The van der Waals surface area contributed by atoms with E-state index in [9.17, 15) is 13.2 Å². The number of H-pyrrole nitrogens is 1. The number of carbonyl (C=O) groups is 1. The molecular weight excluding hydrogens is 292 g/mol. The molecule has 0 bridgehead atoms. The zero-order valence-corrected chi connectivity index (χ0v) is 13.0. The highest BCUT2D eigenvalue weighted by molar-refractivity contribution is 7.90. The summed E-state index contributed by atoms with van der Waals surface area (Å²) in [7, 11) is -3.72. The van der Waals surface area contributed by atoms with Crippen LogP contribution < -0.4 is 4.72 Å². The normalized spacial score (nSPS) is 25.0. The third kappa shape index (κ3) is 2.98. The van der Waals surface area contributed by atoms with Crippen molar-refractivity contribution in [3.8, 4) is 0 Å². The Hall–Kier alpha value is -1.34. The van der Waals surface area contributed by atoms with Crippen molar-refractivity contribution in [1.82, 2.24) is 9.71 Å². The fraction of sp³-hybridized carbons (Fsp3) is 0.643. The molecule has 1 amide bonds. The summed E-state index contributed by atoms with van der Waals surface area (Å²) in [5.41, 5.74) is 0.806. The summed E-state index contributed by atoms with van der Waals surface area (Å²) in [4.78, 5) is 15.3. The maximum atomic E-state index is 12.3. The summed E-state index contributed by atoms with van der Waals surface area (Å²) in [5, 5.41) is -0.681. The van der Waals surface area contributed by atoms with Crippen LogP contribution in [0.15, 0.2) is 12.3 Å². The Bertz CT molecular complexity index is 658. The second-order valence-electron chi connectivity index (χ2n) is 6.45. The van der Waals surface area contributed by atoms with Crippen molar-refractivity contribution in [2.24, 2.45) is 0 Å². The van der Waals surface area contributed by atoms with E-state index >= 15 is 0 Å². The van der Waals surface area contributed by atoms with Crippen molar-refractivity contribution in [1.29, 1.82) is 0 Å². The van der Waals surface area contributed by atoms with Crippen molar-refractivity contribution in [2.45, 2.75) is 49.9 Å². The van der Waals surface area contributed by atoms with Gasteiger partial charge in [0.1, 0.15) is 5.25 Å². The Morgan fingerprint density at radius 1 is 1.43 bits per heavy atom. The van der Waals surface area contributed by atoms with Gasteiger partial charge in [0.2, 0.25) is 10.0 Å². The smallest absolute Gasteiger partial charge is 0.266 e. The van der Waals surface area contributed by atoms with Crippen LogP contribution in [0.5, 0.6) is 0 Å². The van der Waals surface area contributed by atoms with Gasteiger partial charge in [0.05, 0.1) is 17.8 Å². The number of carbonyl (C=O) groups excluding carboxylic acids is 1. The van der Waals surface area contributed by atoms with Gasteiger partial charge in [-0.05, 0) is 45.1 Å². The molecule has 1 aromatic rings. The predicted octanol–water partition coefficient (Wildman–Crippen LogP) is 1.52. The molecule has 1 aliphatic heterocycles. The molecule has 1 aliphatic carbocycles. The molecule has 2 aliphatic rings. The van der Waals surface area contributed by atoms with Crippen LogP contribution in [0, 0.1) is 0 Å². The van der Waals surface area contributed by atoms with Crippen molar-refractivity contribution in [3.63, 3.8) is 0 Å². The topological polar surface area (TPSA) is 88.3 Å². The summed E-state index contributed by atoms with van der Waals surface area (Å²) in [6.45, 7) is 3.82. The van der Waals surface area contributed by atoms with Crippen molar-refractivity contribution in [3.05, 3.63) is 23.5 Å². The van der Waals surface area contributed by atoms with E-state index < -0.39 is 26.8 Å². The third-order valence-electron chi connectivity index (χ3n) is 4.06. The Kier molecular flexibility index (Phi) is 3.37. The zero-order valence-electron chi connectivity index (χ0n) is 12.2. The summed E-state index contributed by atoms with van der Waals surface area (Å²) >= 11 is 0. The highest BCUT2D eigenvalue weighted by atomic mass is 32.2. The fourth-order valence-electron chi connectivity index (χ4n) is 2.74. The second kappa shape index (κ2) is 4.84. The Balaban J connectivity index is 1.73. The number of hydrogen-bond acceptors (Lipinski definition) is 4. The first-order valence-corrected chi connectivity index (χ1v) is 8.70. The number of rotatable bonds is 4. The average molecular weight is 312 g/mol. The SMILES string of the molecule is CC1(C)CC(S(=O)(=O)NC(=O)c2cc[nH]c2C2CC2)CO1. The molecule has 6 nitrogen and oxygen atoms in total. The third-order valence-corrected chi connectivity index (χ3v) is 5.71. The molecule has 3 rings (SSSR count). The lowest BCUT2D eigenvalue weighted by Gasteiger charge is -2.16. The van der Waals surface area contributed by atoms with Crippen LogP contribution >= 0.6 is 0 Å². The van der Waals surface area contributed by atoms with Crippen molar-refractivity contribution < 1.29 is 17.9 Å². The van der Waals surface area contributed by atoms with Gasteiger partial charge in [-0.1, -0.05) is 0 Å². The summed E-state index contributed by atoms with van der Waals surface area (Å²) < 4.78 is 32.2. The number of ether oxygens (including phenoxy) is 1. The number of sulfonamides is 1. The molecule has 2 fully saturated rings. The van der Waals surface area contributed by atoms with Gasteiger partial charge in [-0.3, -0.25) is 4.79 Å². The number of hydrogen-bond donors (Lipinski definition) is 2. The van der Waals surface area contributed by atoms with Crippen LogP contribution in [0.3, 0.4) is 0 Å². The number of aromatic amines is 1. The van der Waals surface area contributed by atoms with E-state index in [0.717, 1.165) is 18.5 Å². The van der Waals surface area contributed by atoms with E-state index in [2.05, 4.69) is 9.71 Å². The Morgan fingerprint density at radius 3 is 2.71 bits per heavy atom. The van der Waals surface area contributed by atoms with Crippen molar-refractivity contribution in [2.75, 3.05) is 6.61 Å². The van der Waals surface area contributed by atoms with Gasteiger partial charge in [-0.25, -0.2) is 13.1 Å². The molecule has 0 spiro atoms. The summed E-state index contributed by atoms with van der Waals surface area (Å²) in [6.07, 6.45) is 4.14. The quantitative estimate of drug-likeness (QED) is 0.882. The van der Waals surface area contributed by atoms with Gasteiger partial charge in [0, 0.05) is 11.9 Å². The van der Waals surface area contributed by atoms with Gasteiger partial charge in [0.25, 0.3) is 5.91 Å². The van der Waals surface area contributed by atoms with Crippen LogP contribution in [-0.2, 0) is 14.8 Å². The first-order chi connectivity index (χ1) is 9.78. The van der Waals surface area contributed by atoms with Gasteiger partial charge < -0.3 is 9.72 Å². The molecular formula is C14H20N2O4S. The number of aromatic nitrogens is 1. The van der Waals surface area contributed by atoms with Crippen LogP contribution in [0.1, 0.15) is 55.1 Å². The molecule has 7 heteroatoms. The molecule has 21 heavy (non-hydrogen) atoms. The highest BCUT2D eigenvalue weighted by Crippen LogP contribution is 2.40. The first-order valence-electron chi connectivity index (χ1n) is 7.16. The summed E-state index contributed by atoms with van der Waals surface area (Å²) in [6, 6.07) is 1.63. The van der Waals surface area contributed by atoms with E-state index in [1.54, 1.807) is 12.3 Å². The van der Waals surface area contributed by atoms with Crippen LogP contribution in [-0.4, -0.2) is 36.8 Å². The van der Waals surface area contributed by atoms with E-state index in [1.807, 2.05) is 13.8 Å². The number of nitrogens with one attached hydrogen (secondary N) is 2. The minimum atomic E-state index is -3.72. The van der Waals surface area contributed by atoms with Crippen LogP contribution in [0.4, 0.5) is 0 Å². The van der Waals surface area contributed by atoms with Crippen LogP contribution in [0.25, 0.3) is 0 Å². The molecule has 0 aromatic carbocycles. The average Bonchev–Trinajstić information content (AvgIpc) is 2.97. The van der Waals surface area contributed by atoms with Gasteiger partial charge in [-0.2, -0.15) is 0 Å². The Morgan fingerprint density at radius 2 is 2.14 bits per heavy atom. The number of amides is 1. The minimum absolute atomic E-state index is 0.123. The maximum absolute atomic E-state index is 12.3. The largest absolute Gasteiger partial charge is 0.374 e. The molecule has 116 valence electrons. The monoisotopic (exact) mass is 312 g/mol. The minimum Gasteiger partial charge on any atom is -0.374 e.